The van der Waals surface area contributed by atoms with Gasteiger partial charge >= 0.3 is 5.97 Å². The number of rotatable bonds is 6. The number of halogens is 1. The van der Waals surface area contributed by atoms with E-state index in [1.54, 1.807) is 22.8 Å². The third-order valence-corrected chi connectivity index (χ3v) is 6.89. The van der Waals surface area contributed by atoms with Crippen LogP contribution in [0.5, 0.6) is 5.75 Å². The molecule has 2 aliphatic heterocycles. The second-order valence-corrected chi connectivity index (χ2v) is 9.06. The molecular formula is C24H23FN2O6S. The second kappa shape index (κ2) is 9.73. The first-order valence-corrected chi connectivity index (χ1v) is 11.9. The van der Waals surface area contributed by atoms with E-state index >= 15 is 0 Å². The van der Waals surface area contributed by atoms with E-state index in [-0.39, 0.29) is 30.9 Å². The van der Waals surface area contributed by atoms with Crippen molar-refractivity contribution in [2.24, 2.45) is 0 Å². The minimum absolute atomic E-state index is 0.0759. The molecule has 1 aromatic heterocycles. The van der Waals surface area contributed by atoms with Crippen LogP contribution in [0.15, 0.2) is 40.3 Å². The molecule has 1 fully saturated rings. The van der Waals surface area contributed by atoms with Crippen molar-refractivity contribution < 1.29 is 28.1 Å². The molecule has 10 heteroatoms. The zero-order valence-corrected chi connectivity index (χ0v) is 19.4. The Labute approximate surface area is 199 Å². The Kier molecular flexibility index (Phi) is 6.53. The van der Waals surface area contributed by atoms with Gasteiger partial charge in [0, 0.05) is 23.5 Å². The molecule has 0 N–H and O–H groups in total. The highest BCUT2D eigenvalue weighted by Gasteiger charge is 2.22. The van der Waals surface area contributed by atoms with Crippen molar-refractivity contribution in [2.75, 3.05) is 20.5 Å². The fourth-order valence-corrected chi connectivity index (χ4v) is 5.19. The fourth-order valence-electron chi connectivity index (χ4n) is 4.21. The number of aromatic nitrogens is 2. The molecule has 178 valence electrons. The number of benzene rings is 2. The van der Waals surface area contributed by atoms with Gasteiger partial charge in [0.2, 0.25) is 0 Å². The normalized spacial score (nSPS) is 17.4. The van der Waals surface area contributed by atoms with Gasteiger partial charge in [0.25, 0.3) is 5.56 Å². The topological polar surface area (TPSA) is 88.9 Å². The summed E-state index contributed by atoms with van der Waals surface area (Å²) in [5, 5.41) is 0.860. The van der Waals surface area contributed by atoms with Crippen molar-refractivity contribution in [1.29, 1.82) is 0 Å². The van der Waals surface area contributed by atoms with Crippen LogP contribution in [0, 0.1) is 5.82 Å². The summed E-state index contributed by atoms with van der Waals surface area (Å²) < 4.78 is 37.2. The molecule has 0 unspecified atom stereocenters. The van der Waals surface area contributed by atoms with Crippen LogP contribution in [-0.2, 0) is 33.1 Å². The largest absolute Gasteiger partial charge is 0.467 e. The third kappa shape index (κ3) is 4.53. The summed E-state index contributed by atoms with van der Waals surface area (Å²) in [6.07, 6.45) is 1.73. The van der Waals surface area contributed by atoms with Crippen LogP contribution in [0.3, 0.4) is 0 Å². The first-order valence-electron chi connectivity index (χ1n) is 10.9. The van der Waals surface area contributed by atoms with Crippen molar-refractivity contribution in [1.82, 2.24) is 9.55 Å². The van der Waals surface area contributed by atoms with E-state index in [0.717, 1.165) is 12.8 Å². The average Bonchev–Trinajstić information content (AvgIpc) is 3.37. The summed E-state index contributed by atoms with van der Waals surface area (Å²) in [4.78, 5) is 30.1. The highest BCUT2D eigenvalue weighted by molar-refractivity contribution is 7.98. The van der Waals surface area contributed by atoms with Crippen LogP contribution in [0.25, 0.3) is 10.9 Å². The number of carbonyl (C=O) groups excluding carboxylic acids is 1. The molecule has 2 aromatic carbocycles. The number of esters is 1. The fraction of sp³-hybridized carbons (Fsp3) is 0.375. The molecule has 0 amide bonds. The van der Waals surface area contributed by atoms with E-state index in [0.29, 0.717) is 57.4 Å². The maximum atomic E-state index is 14.2. The standard InChI is InChI=1S/C24H23FN2O6S/c1-30-23(29)14-4-5-19-20(9-14)26-24(27(22(19)28)10-18-3-2-6-32-18)34-12-16-8-17(25)7-15-11-31-13-33-21(15)16/h4-5,7-9,18H,2-3,6,10-13H2,1H3/t18-/m0/s1. The molecule has 0 aliphatic carbocycles. The first kappa shape index (κ1) is 22.8. The third-order valence-electron chi connectivity index (χ3n) is 5.86. The minimum atomic E-state index is -0.507. The van der Waals surface area contributed by atoms with Crippen molar-refractivity contribution in [3.8, 4) is 5.75 Å². The Morgan fingerprint density at radius 3 is 3.00 bits per heavy atom. The molecule has 1 saturated heterocycles. The van der Waals surface area contributed by atoms with Crippen LogP contribution in [-0.4, -0.2) is 42.1 Å². The number of hydrogen-bond acceptors (Lipinski definition) is 8. The number of ether oxygens (including phenoxy) is 4. The summed E-state index contributed by atoms with van der Waals surface area (Å²) in [5.41, 5.74) is 1.79. The number of thioether (sulfide) groups is 1. The number of methoxy groups -OCH3 is 1. The smallest absolute Gasteiger partial charge is 0.337 e. The van der Waals surface area contributed by atoms with Crippen LogP contribution in [0.2, 0.25) is 0 Å². The summed E-state index contributed by atoms with van der Waals surface area (Å²) in [6.45, 7) is 1.41. The van der Waals surface area contributed by atoms with E-state index in [1.807, 2.05) is 0 Å². The Hall–Kier alpha value is -2.95. The molecule has 0 radical (unpaired) electrons. The van der Waals surface area contributed by atoms with Gasteiger partial charge in [0.05, 0.1) is 42.8 Å². The molecule has 0 saturated carbocycles. The van der Waals surface area contributed by atoms with Crippen LogP contribution in [0.4, 0.5) is 4.39 Å². The van der Waals surface area contributed by atoms with Gasteiger partial charge in [-0.15, -0.1) is 0 Å². The lowest BCUT2D eigenvalue weighted by molar-refractivity contribution is -0.0171. The van der Waals surface area contributed by atoms with Gasteiger partial charge in [-0.2, -0.15) is 0 Å². The molecule has 0 bridgehead atoms. The van der Waals surface area contributed by atoms with Crippen LogP contribution < -0.4 is 10.3 Å². The Bertz CT molecular complexity index is 1300. The van der Waals surface area contributed by atoms with Crippen molar-refractivity contribution in [3.63, 3.8) is 0 Å². The lowest BCUT2D eigenvalue weighted by Crippen LogP contribution is -2.29. The zero-order valence-electron chi connectivity index (χ0n) is 18.5. The summed E-state index contributed by atoms with van der Waals surface area (Å²) >= 11 is 1.31. The maximum Gasteiger partial charge on any atom is 0.337 e. The molecule has 2 aliphatic rings. The zero-order chi connectivity index (χ0) is 23.7. The SMILES string of the molecule is COC(=O)c1ccc2c(=O)n(C[C@@H]3CCCO3)c(SCc3cc(F)cc4c3OCOC4)nc2c1. The molecule has 8 nitrogen and oxygen atoms in total. The van der Waals surface area contributed by atoms with E-state index < -0.39 is 5.97 Å². The average molecular weight is 487 g/mol. The molecule has 1 atom stereocenters. The highest BCUT2D eigenvalue weighted by atomic mass is 32.2. The predicted molar refractivity (Wildman–Crippen MR) is 123 cm³/mol. The molecule has 0 spiro atoms. The Morgan fingerprint density at radius 2 is 2.21 bits per heavy atom. The van der Waals surface area contributed by atoms with Gasteiger partial charge < -0.3 is 18.9 Å². The summed E-state index contributed by atoms with van der Waals surface area (Å²) in [5.74, 6) is 0.0452. The van der Waals surface area contributed by atoms with Crippen LogP contribution in [0.1, 0.15) is 34.3 Å². The lowest BCUT2D eigenvalue weighted by Gasteiger charge is -2.21. The first-order chi connectivity index (χ1) is 16.5. The quantitative estimate of drug-likeness (QED) is 0.296. The summed E-state index contributed by atoms with van der Waals surface area (Å²) in [6, 6.07) is 7.52. The van der Waals surface area contributed by atoms with Gasteiger partial charge in [0.15, 0.2) is 11.9 Å². The van der Waals surface area contributed by atoms with Gasteiger partial charge in [-0.05, 0) is 43.2 Å². The number of fused-ring (bicyclic) bond motifs is 2. The lowest BCUT2D eigenvalue weighted by atomic mass is 10.1. The number of carbonyl (C=O) groups is 1. The van der Waals surface area contributed by atoms with E-state index in [9.17, 15) is 14.0 Å². The Morgan fingerprint density at radius 1 is 1.32 bits per heavy atom. The van der Waals surface area contributed by atoms with E-state index in [1.165, 1.54) is 31.0 Å². The molecule has 3 aromatic rings. The van der Waals surface area contributed by atoms with Crippen LogP contribution >= 0.6 is 11.8 Å². The number of nitrogens with zero attached hydrogens (tertiary/aromatic N) is 2. The van der Waals surface area contributed by atoms with Crippen molar-refractivity contribution in [3.05, 3.63) is 63.2 Å². The van der Waals surface area contributed by atoms with Gasteiger partial charge in [-0.3, -0.25) is 9.36 Å². The van der Waals surface area contributed by atoms with Crippen molar-refractivity contribution >= 4 is 28.6 Å². The second-order valence-electron chi connectivity index (χ2n) is 8.12. The van der Waals surface area contributed by atoms with E-state index in [4.69, 9.17) is 23.9 Å². The van der Waals surface area contributed by atoms with Gasteiger partial charge in [-0.25, -0.2) is 14.2 Å². The molecule has 5 rings (SSSR count). The van der Waals surface area contributed by atoms with E-state index in [2.05, 4.69) is 0 Å². The molecule has 3 heterocycles. The molecular weight excluding hydrogens is 463 g/mol. The summed E-state index contributed by atoms with van der Waals surface area (Å²) in [7, 11) is 1.30. The van der Waals surface area contributed by atoms with Gasteiger partial charge in [0.1, 0.15) is 11.6 Å². The van der Waals surface area contributed by atoms with Gasteiger partial charge in [-0.1, -0.05) is 11.8 Å². The predicted octanol–water partition coefficient (Wildman–Crippen LogP) is 3.66. The molecule has 34 heavy (non-hydrogen) atoms. The highest BCUT2D eigenvalue weighted by Crippen LogP contribution is 2.34. The maximum absolute atomic E-state index is 14.2. The Balaban J connectivity index is 1.54. The number of hydrogen-bond donors (Lipinski definition) is 0. The minimum Gasteiger partial charge on any atom is -0.467 e. The monoisotopic (exact) mass is 486 g/mol. The van der Waals surface area contributed by atoms with Crippen molar-refractivity contribution in [2.45, 2.75) is 43.0 Å².